The van der Waals surface area contributed by atoms with Gasteiger partial charge >= 0.3 is 0 Å². The van der Waals surface area contributed by atoms with E-state index in [2.05, 4.69) is 21.2 Å². The van der Waals surface area contributed by atoms with Crippen molar-refractivity contribution in [2.75, 3.05) is 0 Å². The van der Waals surface area contributed by atoms with E-state index >= 15 is 0 Å². The molecule has 1 N–H and O–H groups in total. The highest BCUT2D eigenvalue weighted by Gasteiger charge is 2.20. The first-order valence-electron chi connectivity index (χ1n) is 6.76. The van der Waals surface area contributed by atoms with E-state index in [9.17, 15) is 4.39 Å². The number of nitrogens with one attached hydrogen (secondary N) is 1. The van der Waals surface area contributed by atoms with Gasteiger partial charge in [-0.05, 0) is 48.7 Å². The van der Waals surface area contributed by atoms with Crippen LogP contribution in [0.3, 0.4) is 0 Å². The monoisotopic (exact) mass is 369 g/mol. The van der Waals surface area contributed by atoms with E-state index in [-0.39, 0.29) is 11.6 Å². The molecule has 0 spiro atoms. The number of hydrogen-bond donors (Lipinski definition) is 1. The van der Waals surface area contributed by atoms with Crippen molar-refractivity contribution in [3.8, 4) is 11.5 Å². The first kappa shape index (κ1) is 14.8. The molecule has 0 saturated heterocycles. The number of benzene rings is 2. The SMILES string of the molecule is Fc1cc(CNC2CC2)ccc1Oc1cc(Br)ccc1Cl. The molecule has 3 rings (SSSR count). The standard InChI is InChI=1S/C16H14BrClFNO/c17-11-2-5-13(18)16(8-11)21-15-6-1-10(7-14(15)19)9-20-12-3-4-12/h1-2,5-8,12,20H,3-4,9H2. The van der Waals surface area contributed by atoms with Crippen LogP contribution in [-0.2, 0) is 6.54 Å². The fourth-order valence-electron chi connectivity index (χ4n) is 1.96. The lowest BCUT2D eigenvalue weighted by atomic mass is 10.2. The number of ether oxygens (including phenoxy) is 1. The quantitative estimate of drug-likeness (QED) is 0.772. The van der Waals surface area contributed by atoms with Gasteiger partial charge in [0.1, 0.15) is 5.75 Å². The molecule has 0 radical (unpaired) electrons. The van der Waals surface area contributed by atoms with Crippen LogP contribution in [0.5, 0.6) is 11.5 Å². The van der Waals surface area contributed by atoms with E-state index in [1.807, 2.05) is 6.07 Å². The minimum Gasteiger partial charge on any atom is -0.453 e. The van der Waals surface area contributed by atoms with Crippen LogP contribution in [-0.4, -0.2) is 6.04 Å². The first-order chi connectivity index (χ1) is 10.1. The summed E-state index contributed by atoms with van der Waals surface area (Å²) in [5, 5.41) is 3.79. The summed E-state index contributed by atoms with van der Waals surface area (Å²) in [7, 11) is 0. The normalized spacial score (nSPS) is 14.2. The van der Waals surface area contributed by atoms with Crippen LogP contribution in [0.2, 0.25) is 5.02 Å². The average molecular weight is 371 g/mol. The summed E-state index contributed by atoms with van der Waals surface area (Å²) >= 11 is 9.38. The highest BCUT2D eigenvalue weighted by molar-refractivity contribution is 9.10. The van der Waals surface area contributed by atoms with Crippen LogP contribution in [0.4, 0.5) is 4.39 Å². The lowest BCUT2D eigenvalue weighted by molar-refractivity contribution is 0.441. The van der Waals surface area contributed by atoms with Gasteiger partial charge in [0.25, 0.3) is 0 Å². The highest BCUT2D eigenvalue weighted by Crippen LogP contribution is 2.33. The largest absolute Gasteiger partial charge is 0.453 e. The summed E-state index contributed by atoms with van der Waals surface area (Å²) in [6, 6.07) is 10.8. The van der Waals surface area contributed by atoms with Crippen LogP contribution in [0.1, 0.15) is 18.4 Å². The van der Waals surface area contributed by atoms with Crippen LogP contribution < -0.4 is 10.1 Å². The van der Waals surface area contributed by atoms with Crippen molar-refractivity contribution in [1.82, 2.24) is 5.32 Å². The minimum atomic E-state index is -0.388. The van der Waals surface area contributed by atoms with E-state index in [1.165, 1.54) is 18.9 Å². The molecule has 0 aliphatic heterocycles. The van der Waals surface area contributed by atoms with Gasteiger partial charge in [-0.3, -0.25) is 0 Å². The van der Waals surface area contributed by atoms with Gasteiger partial charge in [0, 0.05) is 17.1 Å². The molecule has 0 atom stereocenters. The molecule has 0 bridgehead atoms. The predicted molar refractivity (Wildman–Crippen MR) is 85.5 cm³/mol. The molecule has 5 heteroatoms. The maximum atomic E-state index is 14.1. The van der Waals surface area contributed by atoms with Gasteiger partial charge in [-0.1, -0.05) is 33.6 Å². The van der Waals surface area contributed by atoms with Gasteiger partial charge in [-0.2, -0.15) is 0 Å². The molecular weight excluding hydrogens is 357 g/mol. The molecular formula is C16H14BrClFNO. The fourth-order valence-corrected chi connectivity index (χ4v) is 2.46. The Labute approximate surface area is 136 Å². The van der Waals surface area contributed by atoms with Gasteiger partial charge in [0.15, 0.2) is 11.6 Å². The lowest BCUT2D eigenvalue weighted by Gasteiger charge is -2.10. The summed E-state index contributed by atoms with van der Waals surface area (Å²) in [5.74, 6) is 0.208. The van der Waals surface area contributed by atoms with Crippen molar-refractivity contribution in [3.05, 3.63) is 57.3 Å². The van der Waals surface area contributed by atoms with Crippen molar-refractivity contribution in [3.63, 3.8) is 0 Å². The average Bonchev–Trinajstić information content (AvgIpc) is 3.27. The molecule has 1 fully saturated rings. The second-order valence-corrected chi connectivity index (χ2v) is 6.42. The maximum Gasteiger partial charge on any atom is 0.166 e. The third kappa shape index (κ3) is 3.96. The zero-order valence-corrected chi connectivity index (χ0v) is 13.5. The molecule has 2 nitrogen and oxygen atoms in total. The molecule has 0 amide bonds. The molecule has 1 aliphatic rings. The Morgan fingerprint density at radius 2 is 2.00 bits per heavy atom. The van der Waals surface area contributed by atoms with Crippen molar-refractivity contribution in [1.29, 1.82) is 0 Å². The summed E-state index contributed by atoms with van der Waals surface area (Å²) in [6.07, 6.45) is 2.43. The Balaban J connectivity index is 1.74. The predicted octanol–water partition coefficient (Wildman–Crippen LogP) is 5.29. The van der Waals surface area contributed by atoms with Crippen LogP contribution in [0.25, 0.3) is 0 Å². The summed E-state index contributed by atoms with van der Waals surface area (Å²) in [5.41, 5.74) is 0.909. The molecule has 2 aromatic rings. The smallest absolute Gasteiger partial charge is 0.166 e. The molecule has 0 aromatic heterocycles. The Morgan fingerprint density at radius 3 is 2.71 bits per heavy atom. The molecule has 1 saturated carbocycles. The molecule has 0 unspecified atom stereocenters. The second kappa shape index (κ2) is 6.34. The van der Waals surface area contributed by atoms with Gasteiger partial charge < -0.3 is 10.1 Å². The van der Waals surface area contributed by atoms with Crippen molar-refractivity contribution in [2.24, 2.45) is 0 Å². The zero-order valence-electron chi connectivity index (χ0n) is 11.2. The molecule has 2 aromatic carbocycles. The van der Waals surface area contributed by atoms with Crippen LogP contribution >= 0.6 is 27.5 Å². The van der Waals surface area contributed by atoms with Crippen LogP contribution in [0.15, 0.2) is 40.9 Å². The van der Waals surface area contributed by atoms with Crippen LogP contribution in [0, 0.1) is 5.82 Å². The topological polar surface area (TPSA) is 21.3 Å². The number of hydrogen-bond acceptors (Lipinski definition) is 2. The van der Waals surface area contributed by atoms with Gasteiger partial charge in [0.05, 0.1) is 5.02 Å². The summed E-state index contributed by atoms with van der Waals surface area (Å²) in [4.78, 5) is 0. The van der Waals surface area contributed by atoms with E-state index < -0.39 is 0 Å². The summed E-state index contributed by atoms with van der Waals surface area (Å²) < 4.78 is 20.5. The third-order valence-electron chi connectivity index (χ3n) is 3.28. The fraction of sp³-hybridized carbons (Fsp3) is 0.250. The zero-order chi connectivity index (χ0) is 14.8. The van der Waals surface area contributed by atoms with Gasteiger partial charge in [-0.25, -0.2) is 4.39 Å². The molecule has 1 aliphatic carbocycles. The Kier molecular flexibility index (Phi) is 4.48. The summed E-state index contributed by atoms with van der Waals surface area (Å²) in [6.45, 7) is 0.680. The van der Waals surface area contributed by atoms with E-state index in [4.69, 9.17) is 16.3 Å². The van der Waals surface area contributed by atoms with Gasteiger partial charge in [-0.15, -0.1) is 0 Å². The first-order valence-corrected chi connectivity index (χ1v) is 7.93. The van der Waals surface area contributed by atoms with Gasteiger partial charge in [0.2, 0.25) is 0 Å². The minimum absolute atomic E-state index is 0.171. The van der Waals surface area contributed by atoms with E-state index in [0.717, 1.165) is 10.0 Å². The molecule has 21 heavy (non-hydrogen) atoms. The lowest BCUT2D eigenvalue weighted by Crippen LogP contribution is -2.15. The molecule has 110 valence electrons. The molecule has 0 heterocycles. The maximum absolute atomic E-state index is 14.1. The Morgan fingerprint density at radius 1 is 1.19 bits per heavy atom. The number of rotatable bonds is 5. The Bertz CT molecular complexity index is 661. The third-order valence-corrected chi connectivity index (χ3v) is 4.09. The van der Waals surface area contributed by atoms with E-state index in [1.54, 1.807) is 24.3 Å². The van der Waals surface area contributed by atoms with Crippen molar-refractivity contribution in [2.45, 2.75) is 25.4 Å². The van der Waals surface area contributed by atoms with Crippen molar-refractivity contribution >= 4 is 27.5 Å². The number of halogens is 3. The Hall–Kier alpha value is -1.10. The van der Waals surface area contributed by atoms with E-state index in [0.29, 0.717) is 23.4 Å². The second-order valence-electron chi connectivity index (χ2n) is 5.10. The highest BCUT2D eigenvalue weighted by atomic mass is 79.9. The van der Waals surface area contributed by atoms with Crippen molar-refractivity contribution < 1.29 is 9.13 Å².